The van der Waals surface area contributed by atoms with E-state index < -0.39 is 0 Å². The number of halogens is 2. The molecule has 0 saturated heterocycles. The van der Waals surface area contributed by atoms with Crippen molar-refractivity contribution in [3.8, 4) is 0 Å². The molecule has 1 aliphatic rings. The zero-order valence-electron chi connectivity index (χ0n) is 10.5. The predicted molar refractivity (Wildman–Crippen MR) is 83.9 cm³/mol. The lowest BCUT2D eigenvalue weighted by Gasteiger charge is -2.27. The lowest BCUT2D eigenvalue weighted by atomic mass is 9.93. The van der Waals surface area contributed by atoms with Crippen molar-refractivity contribution in [1.82, 2.24) is 5.32 Å². The summed E-state index contributed by atoms with van der Waals surface area (Å²) < 4.78 is 1.70. The molecule has 0 radical (unpaired) electrons. The lowest BCUT2D eigenvalue weighted by molar-refractivity contribution is 0.116. The number of hydrogen-bond acceptors (Lipinski definition) is 4. The Labute approximate surface area is 129 Å². The Morgan fingerprint density at radius 1 is 1.21 bits per heavy atom. The van der Waals surface area contributed by atoms with Gasteiger partial charge in [-0.25, -0.2) is 0 Å². The van der Waals surface area contributed by atoms with Gasteiger partial charge < -0.3 is 21.1 Å². The minimum atomic E-state index is -0.142. The van der Waals surface area contributed by atoms with Gasteiger partial charge in [0.2, 0.25) is 0 Å². The van der Waals surface area contributed by atoms with Crippen LogP contribution < -0.4 is 10.8 Å². The van der Waals surface area contributed by atoms with E-state index in [2.05, 4.69) is 37.2 Å². The summed E-state index contributed by atoms with van der Waals surface area (Å²) in [6.07, 6.45) is 3.53. The maximum absolute atomic E-state index is 11.0. The molecule has 2 rings (SSSR count). The molecule has 6 heteroatoms. The van der Waals surface area contributed by atoms with E-state index in [1.54, 1.807) is 0 Å². The second kappa shape index (κ2) is 7.04. The fraction of sp³-hybridized carbons (Fsp3) is 0.538. The molecule has 0 heterocycles. The van der Waals surface area contributed by atoms with Crippen molar-refractivity contribution in [2.45, 2.75) is 44.4 Å². The molecule has 0 spiro atoms. The topological polar surface area (TPSA) is 67.3 Å². The van der Waals surface area contributed by atoms with Crippen LogP contribution in [0.4, 0.5) is 5.69 Å². The van der Waals surface area contributed by atoms with E-state index in [0.29, 0.717) is 18.3 Å². The molecule has 1 aromatic rings. The number of aliphatic hydroxyl groups is 1. The van der Waals surface area contributed by atoms with Crippen molar-refractivity contribution in [2.75, 3.05) is 5.48 Å². The van der Waals surface area contributed by atoms with Gasteiger partial charge in [-0.2, -0.15) is 0 Å². The lowest BCUT2D eigenvalue weighted by Crippen LogP contribution is -2.34. The van der Waals surface area contributed by atoms with Crippen molar-refractivity contribution in [2.24, 2.45) is 0 Å². The third-order valence-electron chi connectivity index (χ3n) is 3.52. The normalized spacial score (nSPS) is 23.4. The number of nitrogens with one attached hydrogen (secondary N) is 2. The molecule has 106 valence electrons. The van der Waals surface area contributed by atoms with Gasteiger partial charge in [-0.1, -0.05) is 15.9 Å². The third kappa shape index (κ3) is 4.16. The van der Waals surface area contributed by atoms with Gasteiger partial charge in [0, 0.05) is 27.2 Å². The number of hydrogen-bond donors (Lipinski definition) is 3. The van der Waals surface area contributed by atoms with E-state index in [1.165, 1.54) is 0 Å². The molecule has 4 nitrogen and oxygen atoms in total. The third-order valence-corrected chi connectivity index (χ3v) is 4.60. The first kappa shape index (κ1) is 15.3. The van der Waals surface area contributed by atoms with E-state index >= 15 is 0 Å². The van der Waals surface area contributed by atoms with Crippen LogP contribution in [0.1, 0.15) is 31.2 Å². The number of aliphatic hydroxyl groups excluding tert-OH is 1. The van der Waals surface area contributed by atoms with Gasteiger partial charge in [0.15, 0.2) is 0 Å². The van der Waals surface area contributed by atoms with E-state index in [1.807, 2.05) is 17.6 Å². The second-order valence-corrected chi connectivity index (χ2v) is 6.68. The molecule has 1 saturated carbocycles. The SMILES string of the molecule is [O-]Nc1c(Br)cc(Br)cc1CNC1CCC(O)CC1. The molecular formula is C13H17Br2N2O2-. The first-order valence-corrected chi connectivity index (χ1v) is 7.96. The highest BCUT2D eigenvalue weighted by atomic mass is 79.9. The Hall–Kier alpha value is -0.140. The molecule has 1 fully saturated rings. The monoisotopic (exact) mass is 391 g/mol. The first-order valence-electron chi connectivity index (χ1n) is 6.37. The summed E-state index contributed by atoms with van der Waals surface area (Å²) >= 11 is 6.81. The molecule has 0 bridgehead atoms. The largest absolute Gasteiger partial charge is 0.761 e. The van der Waals surface area contributed by atoms with Gasteiger partial charge in [0.1, 0.15) is 0 Å². The minimum absolute atomic E-state index is 0.142. The van der Waals surface area contributed by atoms with Crippen LogP contribution in [0.25, 0.3) is 0 Å². The van der Waals surface area contributed by atoms with Crippen molar-refractivity contribution >= 4 is 37.5 Å². The molecule has 0 aliphatic heterocycles. The van der Waals surface area contributed by atoms with Gasteiger partial charge in [0.05, 0.1) is 6.10 Å². The number of rotatable bonds is 4. The Morgan fingerprint density at radius 2 is 1.89 bits per heavy atom. The van der Waals surface area contributed by atoms with Crippen LogP contribution >= 0.6 is 31.9 Å². The first-order chi connectivity index (χ1) is 9.10. The summed E-state index contributed by atoms with van der Waals surface area (Å²) in [5.74, 6) is 0. The fourth-order valence-electron chi connectivity index (χ4n) is 2.41. The van der Waals surface area contributed by atoms with Gasteiger partial charge in [-0.3, -0.25) is 0 Å². The van der Waals surface area contributed by atoms with Crippen molar-refractivity contribution < 1.29 is 5.11 Å². The van der Waals surface area contributed by atoms with Crippen LogP contribution in [0.15, 0.2) is 21.1 Å². The smallest absolute Gasteiger partial charge is 0.0541 e. The quantitative estimate of drug-likeness (QED) is 0.686. The predicted octanol–water partition coefficient (Wildman–Crippen LogP) is 3.51. The highest BCUT2D eigenvalue weighted by Gasteiger charge is 2.19. The van der Waals surface area contributed by atoms with Crippen molar-refractivity contribution in [1.29, 1.82) is 0 Å². The summed E-state index contributed by atoms with van der Waals surface area (Å²) in [5.41, 5.74) is 3.50. The zero-order valence-corrected chi connectivity index (χ0v) is 13.6. The highest BCUT2D eigenvalue weighted by molar-refractivity contribution is 9.11. The van der Waals surface area contributed by atoms with Gasteiger partial charge >= 0.3 is 0 Å². The number of anilines is 1. The van der Waals surface area contributed by atoms with Gasteiger partial charge in [-0.05, 0) is 59.3 Å². The second-order valence-electron chi connectivity index (χ2n) is 4.91. The zero-order chi connectivity index (χ0) is 13.8. The summed E-state index contributed by atoms with van der Waals surface area (Å²) in [6, 6.07) is 4.21. The van der Waals surface area contributed by atoms with E-state index in [9.17, 15) is 10.3 Å². The average Bonchev–Trinajstić information content (AvgIpc) is 2.37. The highest BCUT2D eigenvalue weighted by Crippen LogP contribution is 2.31. The van der Waals surface area contributed by atoms with Crippen LogP contribution in [-0.4, -0.2) is 17.3 Å². The molecule has 0 atom stereocenters. The summed E-state index contributed by atoms with van der Waals surface area (Å²) in [4.78, 5) is 0. The molecule has 1 aromatic carbocycles. The van der Waals surface area contributed by atoms with E-state index in [0.717, 1.165) is 40.2 Å². The van der Waals surface area contributed by atoms with E-state index in [-0.39, 0.29) is 6.10 Å². The van der Waals surface area contributed by atoms with Crippen LogP contribution in [0.3, 0.4) is 0 Å². The Bertz CT molecular complexity index is 435. The van der Waals surface area contributed by atoms with Crippen molar-refractivity contribution in [3.63, 3.8) is 0 Å². The summed E-state index contributed by atoms with van der Waals surface area (Å²) in [7, 11) is 0. The van der Waals surface area contributed by atoms with E-state index in [4.69, 9.17) is 0 Å². The standard InChI is InChI=1S/C13H17Br2N2O2/c14-9-5-8(13(17-19)12(15)6-9)7-16-10-1-3-11(18)4-2-10/h5-6,10-11,16-18H,1-4,7H2/q-1. The Kier molecular flexibility index (Phi) is 5.65. The van der Waals surface area contributed by atoms with Crippen LogP contribution in [-0.2, 0) is 6.54 Å². The molecule has 1 aliphatic carbocycles. The molecule has 0 amide bonds. The Balaban J connectivity index is 1.99. The van der Waals surface area contributed by atoms with Gasteiger partial charge in [0.25, 0.3) is 0 Å². The minimum Gasteiger partial charge on any atom is -0.761 e. The summed E-state index contributed by atoms with van der Waals surface area (Å²) in [6.45, 7) is 0.642. The van der Waals surface area contributed by atoms with Gasteiger partial charge in [-0.15, -0.1) is 0 Å². The maximum Gasteiger partial charge on any atom is 0.0541 e. The molecule has 0 aromatic heterocycles. The van der Waals surface area contributed by atoms with Crippen LogP contribution in [0, 0.1) is 5.21 Å². The maximum atomic E-state index is 11.0. The fourth-order valence-corrected chi connectivity index (χ4v) is 3.81. The summed E-state index contributed by atoms with van der Waals surface area (Å²) in [5, 5.41) is 24.0. The average molecular weight is 393 g/mol. The molecule has 19 heavy (non-hydrogen) atoms. The Morgan fingerprint density at radius 3 is 2.53 bits per heavy atom. The van der Waals surface area contributed by atoms with Crippen molar-refractivity contribution in [3.05, 3.63) is 31.8 Å². The molecule has 0 unspecified atom stereocenters. The van der Waals surface area contributed by atoms with Crippen LogP contribution in [0.2, 0.25) is 0 Å². The van der Waals surface area contributed by atoms with Crippen LogP contribution in [0.5, 0.6) is 0 Å². The number of benzene rings is 1. The molecule has 3 N–H and O–H groups in total. The molecular weight excluding hydrogens is 376 g/mol.